The molecule has 1 saturated heterocycles. The van der Waals surface area contributed by atoms with Crippen LogP contribution in [0, 0.1) is 0 Å². The minimum atomic E-state index is -3.51. The Morgan fingerprint density at radius 1 is 1.12 bits per heavy atom. The van der Waals surface area contributed by atoms with Crippen LogP contribution in [-0.4, -0.2) is 38.5 Å². The molecule has 0 amide bonds. The van der Waals surface area contributed by atoms with Gasteiger partial charge in [-0.1, -0.05) is 16.9 Å². The Balaban J connectivity index is 2.77. The maximum atomic E-state index is 11.6. The van der Waals surface area contributed by atoms with Gasteiger partial charge in [-0.2, -0.15) is 13.1 Å². The molecule has 1 rings (SSSR count). The average molecular weight is 246 g/mol. The van der Waals surface area contributed by atoms with Crippen molar-refractivity contribution < 1.29 is 17.3 Å². The van der Waals surface area contributed by atoms with E-state index < -0.39 is 10.1 Å². The summed E-state index contributed by atoms with van der Waals surface area (Å²) in [4.78, 5) is 0. The fourth-order valence-corrected chi connectivity index (χ4v) is 3.07. The first-order chi connectivity index (χ1) is 7.54. The van der Waals surface area contributed by atoms with Crippen LogP contribution in [0.25, 0.3) is 0 Å². The molecule has 0 saturated carbocycles. The van der Waals surface area contributed by atoms with E-state index in [1.165, 1.54) is 6.08 Å². The SMILES string of the molecule is C=CC[N+]1(OS(=O)(=O)CC=C)CCCCC1. The largest absolute Gasteiger partial charge is 0.317 e. The molecule has 5 heteroatoms. The molecule has 0 aromatic heterocycles. The van der Waals surface area contributed by atoms with Gasteiger partial charge < -0.3 is 0 Å². The third-order valence-electron chi connectivity index (χ3n) is 2.69. The fourth-order valence-electron chi connectivity index (χ4n) is 2.03. The van der Waals surface area contributed by atoms with Gasteiger partial charge in [0, 0.05) is 0 Å². The van der Waals surface area contributed by atoms with Crippen LogP contribution in [0.15, 0.2) is 25.3 Å². The van der Waals surface area contributed by atoms with Crippen molar-refractivity contribution in [1.29, 1.82) is 0 Å². The second kappa shape index (κ2) is 5.61. The topological polar surface area (TPSA) is 43.4 Å². The highest BCUT2D eigenvalue weighted by Gasteiger charge is 2.36. The van der Waals surface area contributed by atoms with E-state index in [9.17, 15) is 8.42 Å². The molecule has 1 aliphatic rings. The van der Waals surface area contributed by atoms with Crippen molar-refractivity contribution in [1.82, 2.24) is 0 Å². The Bertz CT molecular complexity index is 342. The summed E-state index contributed by atoms with van der Waals surface area (Å²) >= 11 is 0. The molecular weight excluding hydrogens is 226 g/mol. The normalized spacial score (nSPS) is 20.2. The van der Waals surface area contributed by atoms with Crippen LogP contribution in [0.2, 0.25) is 0 Å². The molecule has 16 heavy (non-hydrogen) atoms. The summed E-state index contributed by atoms with van der Waals surface area (Å²) in [7, 11) is -3.51. The van der Waals surface area contributed by atoms with Gasteiger partial charge in [0.05, 0.1) is 5.75 Å². The van der Waals surface area contributed by atoms with Gasteiger partial charge in [0.25, 0.3) is 0 Å². The van der Waals surface area contributed by atoms with Gasteiger partial charge in [-0.25, -0.2) is 0 Å². The van der Waals surface area contributed by atoms with E-state index in [1.54, 1.807) is 6.08 Å². The maximum absolute atomic E-state index is 11.6. The van der Waals surface area contributed by atoms with Crippen molar-refractivity contribution in [2.75, 3.05) is 25.4 Å². The third kappa shape index (κ3) is 3.73. The minimum absolute atomic E-state index is 0.135. The molecule has 0 unspecified atom stereocenters. The van der Waals surface area contributed by atoms with Gasteiger partial charge in [-0.15, -0.1) is 6.58 Å². The van der Waals surface area contributed by atoms with Crippen molar-refractivity contribution in [3.63, 3.8) is 0 Å². The second-order valence-corrected chi connectivity index (χ2v) is 5.72. The highest BCUT2D eigenvalue weighted by Crippen LogP contribution is 2.22. The lowest BCUT2D eigenvalue weighted by molar-refractivity contribution is -1.08. The number of nitrogens with zero attached hydrogens (tertiary/aromatic N) is 1. The summed E-state index contributed by atoms with van der Waals surface area (Å²) in [5.74, 6) is -0.135. The molecular formula is C11H20NO3S+. The van der Waals surface area contributed by atoms with Gasteiger partial charge >= 0.3 is 10.1 Å². The summed E-state index contributed by atoms with van der Waals surface area (Å²) in [6.07, 6.45) is 6.20. The molecule has 0 aromatic carbocycles. The van der Waals surface area contributed by atoms with Gasteiger partial charge in [0.2, 0.25) is 0 Å². The highest BCUT2D eigenvalue weighted by atomic mass is 32.2. The van der Waals surface area contributed by atoms with Crippen molar-refractivity contribution in [2.45, 2.75) is 19.3 Å². The number of rotatable bonds is 6. The molecule has 0 aliphatic carbocycles. The Morgan fingerprint density at radius 3 is 2.25 bits per heavy atom. The monoisotopic (exact) mass is 246 g/mol. The predicted molar refractivity (Wildman–Crippen MR) is 64.0 cm³/mol. The molecule has 92 valence electrons. The predicted octanol–water partition coefficient (Wildman–Crippen LogP) is 1.62. The lowest BCUT2D eigenvalue weighted by atomic mass is 10.1. The molecule has 4 nitrogen and oxygen atoms in total. The first-order valence-electron chi connectivity index (χ1n) is 5.55. The first-order valence-corrected chi connectivity index (χ1v) is 7.13. The molecule has 0 bridgehead atoms. The molecule has 0 aromatic rings. The maximum Gasteiger partial charge on any atom is 0.317 e. The summed E-state index contributed by atoms with van der Waals surface area (Å²) in [5.41, 5.74) is 0. The van der Waals surface area contributed by atoms with E-state index in [-0.39, 0.29) is 10.4 Å². The number of quaternary nitrogens is 1. The lowest BCUT2D eigenvalue weighted by Gasteiger charge is -2.36. The molecule has 0 radical (unpaired) electrons. The summed E-state index contributed by atoms with van der Waals surface area (Å²) in [6.45, 7) is 9.10. The number of likely N-dealkylation sites (tertiary alicyclic amines) is 1. The second-order valence-electron chi connectivity index (χ2n) is 4.12. The zero-order chi connectivity index (χ0) is 12.1. The van der Waals surface area contributed by atoms with Gasteiger partial charge in [-0.05, 0) is 25.3 Å². The number of piperidine rings is 1. The fraction of sp³-hybridized carbons (Fsp3) is 0.636. The van der Waals surface area contributed by atoms with E-state index in [2.05, 4.69) is 13.2 Å². The number of hydrogen-bond donors (Lipinski definition) is 0. The summed E-state index contributed by atoms with van der Waals surface area (Å²) in [6, 6.07) is 0. The van der Waals surface area contributed by atoms with Crippen LogP contribution in [0.1, 0.15) is 19.3 Å². The van der Waals surface area contributed by atoms with Crippen molar-refractivity contribution >= 4 is 10.1 Å². The van der Waals surface area contributed by atoms with Crippen molar-refractivity contribution in [2.24, 2.45) is 0 Å². The van der Waals surface area contributed by atoms with Gasteiger partial charge in [0.15, 0.2) is 0 Å². The van der Waals surface area contributed by atoms with E-state index in [4.69, 9.17) is 4.28 Å². The van der Waals surface area contributed by atoms with Crippen LogP contribution < -0.4 is 0 Å². The van der Waals surface area contributed by atoms with E-state index in [0.29, 0.717) is 6.54 Å². The Labute approximate surface area is 97.9 Å². The van der Waals surface area contributed by atoms with Crippen LogP contribution in [0.5, 0.6) is 0 Å². The van der Waals surface area contributed by atoms with E-state index in [1.807, 2.05) is 0 Å². The van der Waals surface area contributed by atoms with Crippen molar-refractivity contribution in [3.05, 3.63) is 25.3 Å². The lowest BCUT2D eigenvalue weighted by Crippen LogP contribution is -2.52. The van der Waals surface area contributed by atoms with Crippen LogP contribution in [-0.2, 0) is 14.4 Å². The van der Waals surface area contributed by atoms with Gasteiger partial charge in [-0.3, -0.25) is 0 Å². The molecule has 1 fully saturated rings. The first kappa shape index (κ1) is 13.4. The smallest absolute Gasteiger partial charge is 0.194 e. The molecule has 0 spiro atoms. The van der Waals surface area contributed by atoms with Crippen LogP contribution in [0.4, 0.5) is 0 Å². The van der Waals surface area contributed by atoms with Crippen LogP contribution in [0.3, 0.4) is 0 Å². The summed E-state index contributed by atoms with van der Waals surface area (Å²) in [5, 5.41) is 0. The Kier molecular flexibility index (Phi) is 4.70. The zero-order valence-electron chi connectivity index (χ0n) is 9.60. The average Bonchev–Trinajstić information content (AvgIpc) is 2.17. The molecule has 0 N–H and O–H groups in total. The van der Waals surface area contributed by atoms with E-state index >= 15 is 0 Å². The zero-order valence-corrected chi connectivity index (χ0v) is 10.4. The number of hydrogen-bond acceptors (Lipinski definition) is 3. The molecule has 0 atom stereocenters. The minimum Gasteiger partial charge on any atom is -0.194 e. The van der Waals surface area contributed by atoms with Crippen molar-refractivity contribution in [3.8, 4) is 0 Å². The molecule has 1 heterocycles. The highest BCUT2D eigenvalue weighted by molar-refractivity contribution is 7.86. The van der Waals surface area contributed by atoms with E-state index in [0.717, 1.165) is 32.4 Å². The number of hydroxylamine groups is 3. The van der Waals surface area contributed by atoms with Crippen LogP contribution >= 0.6 is 0 Å². The summed E-state index contributed by atoms with van der Waals surface area (Å²) < 4.78 is 28.8. The third-order valence-corrected chi connectivity index (χ3v) is 3.87. The quantitative estimate of drug-likeness (QED) is 0.528. The van der Waals surface area contributed by atoms with Gasteiger partial charge in [0.1, 0.15) is 19.6 Å². The molecule has 1 aliphatic heterocycles. The Morgan fingerprint density at radius 2 is 1.75 bits per heavy atom. The standard InChI is InChI=1S/C11H20NO3S/c1-3-8-12(9-6-5-7-10-12)15-16(13,14)11-4-2/h3-4H,1-2,5-11H2/q+1. The Hall–Kier alpha value is -0.650.